The maximum atomic E-state index is 12.2. The van der Waals surface area contributed by atoms with Crippen molar-refractivity contribution in [2.45, 2.75) is 38.3 Å². The predicted molar refractivity (Wildman–Crippen MR) is 83.5 cm³/mol. The van der Waals surface area contributed by atoms with Gasteiger partial charge in [0.05, 0.1) is 11.0 Å². The first kappa shape index (κ1) is 14.8. The molecular weight excluding hydrogens is 282 g/mol. The molecule has 0 bridgehead atoms. The molecule has 6 nitrogen and oxygen atoms in total. The van der Waals surface area contributed by atoms with Crippen molar-refractivity contribution in [3.8, 4) is 0 Å². The Hall–Kier alpha value is -2.08. The molecule has 1 saturated carbocycles. The van der Waals surface area contributed by atoms with Crippen molar-refractivity contribution in [3.05, 3.63) is 34.7 Å². The molecule has 1 aromatic heterocycles. The van der Waals surface area contributed by atoms with E-state index in [2.05, 4.69) is 10.3 Å². The molecule has 0 spiro atoms. The number of imidazole rings is 1. The van der Waals surface area contributed by atoms with Crippen LogP contribution in [0.4, 0.5) is 0 Å². The second-order valence-electron chi connectivity index (χ2n) is 6.00. The summed E-state index contributed by atoms with van der Waals surface area (Å²) in [7, 11) is 0. The number of carbonyl (C=O) groups is 1. The van der Waals surface area contributed by atoms with Crippen molar-refractivity contribution in [2.24, 2.45) is 5.92 Å². The summed E-state index contributed by atoms with van der Waals surface area (Å²) >= 11 is 0. The molecule has 1 aromatic carbocycles. The van der Waals surface area contributed by atoms with Crippen molar-refractivity contribution in [3.63, 3.8) is 0 Å². The van der Waals surface area contributed by atoms with Gasteiger partial charge < -0.3 is 15.4 Å². The lowest BCUT2D eigenvalue weighted by Crippen LogP contribution is -2.40. The summed E-state index contributed by atoms with van der Waals surface area (Å²) in [5, 5.41) is 12.1. The summed E-state index contributed by atoms with van der Waals surface area (Å²) < 4.78 is 1.46. The van der Waals surface area contributed by atoms with Crippen LogP contribution in [-0.2, 0) is 11.3 Å². The molecule has 3 rings (SSSR count). The molecule has 0 atom stereocenters. The zero-order valence-electron chi connectivity index (χ0n) is 12.4. The lowest BCUT2D eigenvalue weighted by Gasteiger charge is -2.27. The Morgan fingerprint density at radius 2 is 2.00 bits per heavy atom. The number of hydrogen-bond acceptors (Lipinski definition) is 3. The quantitative estimate of drug-likeness (QED) is 0.787. The van der Waals surface area contributed by atoms with E-state index in [0.29, 0.717) is 5.92 Å². The molecule has 118 valence electrons. The molecule has 0 unspecified atom stereocenters. The Balaban J connectivity index is 1.64. The molecule has 0 radical (unpaired) electrons. The first-order valence-corrected chi connectivity index (χ1v) is 7.75. The van der Waals surface area contributed by atoms with Crippen LogP contribution >= 0.6 is 0 Å². The summed E-state index contributed by atoms with van der Waals surface area (Å²) in [6.45, 7) is 0.258. The topological polar surface area (TPSA) is 87.1 Å². The fourth-order valence-corrected chi connectivity index (χ4v) is 3.17. The fourth-order valence-electron chi connectivity index (χ4n) is 3.17. The third kappa shape index (κ3) is 3.06. The Morgan fingerprint density at radius 1 is 1.27 bits per heavy atom. The van der Waals surface area contributed by atoms with Gasteiger partial charge in [-0.1, -0.05) is 12.1 Å². The summed E-state index contributed by atoms with van der Waals surface area (Å²) in [5.41, 5.74) is 1.22. The molecule has 1 aliphatic rings. The van der Waals surface area contributed by atoms with Crippen LogP contribution in [0, 0.1) is 5.92 Å². The van der Waals surface area contributed by atoms with Crippen LogP contribution in [0.25, 0.3) is 11.0 Å². The molecule has 1 fully saturated rings. The highest BCUT2D eigenvalue weighted by atomic mass is 16.3. The maximum absolute atomic E-state index is 12.2. The van der Waals surface area contributed by atoms with E-state index in [9.17, 15) is 9.59 Å². The number of fused-ring (bicyclic) bond motifs is 1. The number of hydrogen-bond donors (Lipinski definition) is 3. The van der Waals surface area contributed by atoms with Gasteiger partial charge in [0.15, 0.2) is 0 Å². The van der Waals surface area contributed by atoms with Gasteiger partial charge in [0.2, 0.25) is 5.91 Å². The van der Waals surface area contributed by atoms with E-state index in [-0.39, 0.29) is 30.8 Å². The second kappa shape index (κ2) is 6.36. The number of carbonyl (C=O) groups excluding carboxylic acids is 1. The Labute approximate surface area is 128 Å². The third-order valence-corrected chi connectivity index (χ3v) is 4.45. The number of aliphatic hydroxyl groups excluding tert-OH is 1. The van der Waals surface area contributed by atoms with E-state index >= 15 is 0 Å². The molecule has 22 heavy (non-hydrogen) atoms. The first-order valence-electron chi connectivity index (χ1n) is 7.75. The smallest absolute Gasteiger partial charge is 0.326 e. The number of amides is 1. The van der Waals surface area contributed by atoms with Gasteiger partial charge in [-0.2, -0.15) is 0 Å². The van der Waals surface area contributed by atoms with Gasteiger partial charge in [-0.15, -0.1) is 0 Å². The Morgan fingerprint density at radius 3 is 2.73 bits per heavy atom. The van der Waals surface area contributed by atoms with E-state index in [4.69, 9.17) is 5.11 Å². The van der Waals surface area contributed by atoms with Crippen LogP contribution in [0.1, 0.15) is 25.7 Å². The SMILES string of the molecule is O=C(Cn1c(=O)[nH]c2ccccc21)NC1CCC(CO)CC1. The summed E-state index contributed by atoms with van der Waals surface area (Å²) in [5.74, 6) is 0.226. The molecular formula is C16H21N3O3. The zero-order valence-corrected chi connectivity index (χ0v) is 12.4. The average Bonchev–Trinajstić information content (AvgIpc) is 2.84. The standard InChI is InChI=1S/C16H21N3O3/c20-10-11-5-7-12(8-6-11)17-15(21)9-19-14-4-2-1-3-13(14)18-16(19)22/h1-4,11-12,20H,5-10H2,(H,17,21)(H,18,22). The van der Waals surface area contributed by atoms with Gasteiger partial charge in [-0.25, -0.2) is 4.79 Å². The minimum absolute atomic E-state index is 0.0305. The number of para-hydroxylation sites is 2. The number of nitrogens with one attached hydrogen (secondary N) is 2. The number of benzene rings is 1. The van der Waals surface area contributed by atoms with E-state index in [1.165, 1.54) is 4.57 Å². The van der Waals surface area contributed by atoms with Crippen molar-refractivity contribution in [1.82, 2.24) is 14.9 Å². The number of nitrogens with zero attached hydrogens (tertiary/aromatic N) is 1. The number of aromatic amines is 1. The Kier molecular flexibility index (Phi) is 4.29. The summed E-state index contributed by atoms with van der Waals surface area (Å²) in [6, 6.07) is 7.49. The predicted octanol–water partition coefficient (Wildman–Crippen LogP) is 0.997. The van der Waals surface area contributed by atoms with E-state index in [1.54, 1.807) is 0 Å². The van der Waals surface area contributed by atoms with Crippen molar-refractivity contribution < 1.29 is 9.90 Å². The van der Waals surface area contributed by atoms with Gasteiger partial charge >= 0.3 is 5.69 Å². The zero-order chi connectivity index (χ0) is 15.5. The minimum atomic E-state index is -0.264. The second-order valence-corrected chi connectivity index (χ2v) is 6.00. The first-order chi connectivity index (χ1) is 10.7. The molecule has 6 heteroatoms. The number of H-pyrrole nitrogens is 1. The highest BCUT2D eigenvalue weighted by Crippen LogP contribution is 2.23. The van der Waals surface area contributed by atoms with Crippen LogP contribution in [0.3, 0.4) is 0 Å². The lowest BCUT2D eigenvalue weighted by molar-refractivity contribution is -0.122. The summed E-state index contributed by atoms with van der Waals surface area (Å²) in [4.78, 5) is 26.9. The normalized spacial score (nSPS) is 21.9. The molecule has 3 N–H and O–H groups in total. The van der Waals surface area contributed by atoms with Crippen molar-refractivity contribution in [2.75, 3.05) is 6.61 Å². The highest BCUT2D eigenvalue weighted by Gasteiger charge is 2.22. The number of aromatic nitrogens is 2. The fraction of sp³-hybridized carbons (Fsp3) is 0.500. The summed E-state index contributed by atoms with van der Waals surface area (Å²) in [6.07, 6.45) is 3.66. The van der Waals surface area contributed by atoms with Gasteiger partial charge in [-0.05, 0) is 43.7 Å². The van der Waals surface area contributed by atoms with Crippen LogP contribution in [-0.4, -0.2) is 33.2 Å². The van der Waals surface area contributed by atoms with Gasteiger partial charge in [0.1, 0.15) is 6.54 Å². The number of rotatable bonds is 4. The van der Waals surface area contributed by atoms with Crippen LogP contribution in [0.2, 0.25) is 0 Å². The molecule has 0 aliphatic heterocycles. The molecule has 1 heterocycles. The Bertz CT molecular complexity index is 711. The third-order valence-electron chi connectivity index (χ3n) is 4.45. The van der Waals surface area contributed by atoms with E-state index < -0.39 is 0 Å². The highest BCUT2D eigenvalue weighted by molar-refractivity contribution is 5.80. The average molecular weight is 303 g/mol. The molecule has 1 amide bonds. The molecule has 1 aliphatic carbocycles. The monoisotopic (exact) mass is 303 g/mol. The van der Waals surface area contributed by atoms with Crippen molar-refractivity contribution in [1.29, 1.82) is 0 Å². The minimum Gasteiger partial charge on any atom is -0.396 e. The largest absolute Gasteiger partial charge is 0.396 e. The van der Waals surface area contributed by atoms with E-state index in [1.807, 2.05) is 24.3 Å². The van der Waals surface area contributed by atoms with Crippen LogP contribution in [0.15, 0.2) is 29.1 Å². The molecule has 0 saturated heterocycles. The lowest BCUT2D eigenvalue weighted by atomic mass is 9.86. The van der Waals surface area contributed by atoms with Gasteiger partial charge in [-0.3, -0.25) is 9.36 Å². The van der Waals surface area contributed by atoms with E-state index in [0.717, 1.165) is 36.7 Å². The van der Waals surface area contributed by atoms with Gasteiger partial charge in [0.25, 0.3) is 0 Å². The maximum Gasteiger partial charge on any atom is 0.326 e. The number of aliphatic hydroxyl groups is 1. The van der Waals surface area contributed by atoms with Crippen LogP contribution in [0.5, 0.6) is 0 Å². The van der Waals surface area contributed by atoms with Crippen molar-refractivity contribution >= 4 is 16.9 Å². The van der Waals surface area contributed by atoms with Crippen LogP contribution < -0.4 is 11.0 Å². The van der Waals surface area contributed by atoms with Gasteiger partial charge in [0, 0.05) is 12.6 Å². The molecule has 2 aromatic rings.